The standard InChI is InChI=1S/C63H55BN2OS/c1-60(2,3)34-20-24-37(25-21-34)66-49-31-42-41-28-36(62(7,8)9)23-27-52(41)68-53(42)32-44(49)54-55-39-17-13-15-19-51(39)67-59(55)56-43-29-35(61(4,5)6)22-26-48(43)65-50-33-46-40(30-47(50)64(66)57(54)58(56)65)38-16-12-14-18-45(38)63(46,10)11/h12-33H,1-11H3. The molecule has 5 heterocycles. The first-order chi connectivity index (χ1) is 32.4. The van der Waals surface area contributed by atoms with Crippen molar-refractivity contribution in [1.29, 1.82) is 0 Å². The van der Waals surface area contributed by atoms with E-state index < -0.39 is 0 Å². The van der Waals surface area contributed by atoms with Gasteiger partial charge in [-0.05, 0) is 132 Å². The van der Waals surface area contributed by atoms with Crippen LogP contribution in [0.2, 0.25) is 0 Å². The van der Waals surface area contributed by atoms with Crippen molar-refractivity contribution in [2.24, 2.45) is 0 Å². The van der Waals surface area contributed by atoms with Crippen LogP contribution >= 0.6 is 11.3 Å². The Bertz CT molecular complexity index is 4060. The Balaban J connectivity index is 1.22. The average molecular weight is 899 g/mol. The number of benzene rings is 8. The van der Waals surface area contributed by atoms with E-state index in [0.29, 0.717) is 0 Å². The summed E-state index contributed by atoms with van der Waals surface area (Å²) in [7, 11) is 0. The van der Waals surface area contributed by atoms with Gasteiger partial charge in [0, 0.05) is 64.4 Å². The number of aromatic nitrogens is 1. The van der Waals surface area contributed by atoms with Crippen molar-refractivity contribution < 1.29 is 4.42 Å². The van der Waals surface area contributed by atoms with Gasteiger partial charge in [0.2, 0.25) is 0 Å². The molecule has 68 heavy (non-hydrogen) atoms. The summed E-state index contributed by atoms with van der Waals surface area (Å²) in [5.74, 6) is 0. The van der Waals surface area contributed by atoms with Crippen molar-refractivity contribution in [3.05, 3.63) is 161 Å². The number of furan rings is 1. The number of hydrogen-bond acceptors (Lipinski definition) is 3. The van der Waals surface area contributed by atoms with E-state index in [1.807, 2.05) is 11.3 Å². The zero-order valence-corrected chi connectivity index (χ0v) is 41.8. The van der Waals surface area contributed by atoms with Crippen LogP contribution < -0.4 is 15.7 Å². The molecule has 5 heteroatoms. The Kier molecular flexibility index (Phi) is 7.71. The molecule has 0 unspecified atom stereocenters. The second kappa shape index (κ2) is 12.9. The molecule has 0 spiro atoms. The molecule has 0 N–H and O–H groups in total. The van der Waals surface area contributed by atoms with E-state index in [1.165, 1.54) is 125 Å². The van der Waals surface area contributed by atoms with E-state index in [9.17, 15) is 0 Å². The molecule has 0 saturated carbocycles. The van der Waals surface area contributed by atoms with E-state index in [0.717, 1.165) is 16.6 Å². The second-order valence-electron chi connectivity index (χ2n) is 23.8. The Morgan fingerprint density at radius 2 is 1.19 bits per heavy atom. The number of thiophene rings is 1. The summed E-state index contributed by atoms with van der Waals surface area (Å²) in [6.45, 7) is 25.6. The van der Waals surface area contributed by atoms with E-state index >= 15 is 0 Å². The molecule has 3 aliphatic rings. The van der Waals surface area contributed by atoms with Crippen molar-refractivity contribution in [3.63, 3.8) is 0 Å². The van der Waals surface area contributed by atoms with Gasteiger partial charge in [0.05, 0.1) is 16.4 Å². The fraction of sp³-hybridized carbons (Fsp3) is 0.238. The zero-order chi connectivity index (χ0) is 46.7. The third-order valence-corrected chi connectivity index (χ3v) is 17.4. The van der Waals surface area contributed by atoms with Gasteiger partial charge in [-0.3, -0.25) is 0 Å². The van der Waals surface area contributed by atoms with Crippen LogP contribution in [-0.4, -0.2) is 11.4 Å². The van der Waals surface area contributed by atoms with Gasteiger partial charge in [-0.2, -0.15) is 0 Å². The van der Waals surface area contributed by atoms with Gasteiger partial charge in [-0.25, -0.2) is 0 Å². The van der Waals surface area contributed by atoms with Crippen LogP contribution in [0, 0.1) is 0 Å². The van der Waals surface area contributed by atoms with Crippen LogP contribution in [0.15, 0.2) is 138 Å². The average Bonchev–Trinajstić information content (AvgIpc) is 4.03. The SMILES string of the molecule is CC(C)(C)c1ccc(N2B3c4cc5c(cc4-n4c6ccc(C(C)(C)C)cc6c6c7oc8ccccc8c7c(c3c64)-c3cc4sc6ccc(C(C)(C)C)cc6c4cc32)C(C)(C)c2ccccc2-5)cc1. The van der Waals surface area contributed by atoms with Gasteiger partial charge in [0.25, 0.3) is 0 Å². The zero-order valence-electron chi connectivity index (χ0n) is 41.0. The predicted octanol–water partition coefficient (Wildman–Crippen LogP) is 16.5. The van der Waals surface area contributed by atoms with Crippen molar-refractivity contribution in [1.82, 2.24) is 4.57 Å². The number of rotatable bonds is 1. The third-order valence-electron chi connectivity index (χ3n) is 16.2. The smallest absolute Gasteiger partial charge is 0.333 e. The monoisotopic (exact) mass is 898 g/mol. The molecule has 332 valence electrons. The molecule has 0 fully saturated rings. The number of fused-ring (bicyclic) bond motifs is 19. The van der Waals surface area contributed by atoms with Gasteiger partial charge >= 0.3 is 6.85 Å². The Morgan fingerprint density at radius 3 is 1.94 bits per heavy atom. The lowest BCUT2D eigenvalue weighted by molar-refractivity contribution is 0.590. The molecular weight excluding hydrogens is 844 g/mol. The summed E-state index contributed by atoms with van der Waals surface area (Å²) in [4.78, 5) is 2.73. The Morgan fingerprint density at radius 1 is 0.529 bits per heavy atom. The summed E-state index contributed by atoms with van der Waals surface area (Å²) >= 11 is 1.92. The summed E-state index contributed by atoms with van der Waals surface area (Å²) < 4.78 is 12.6. The number of nitrogens with zero attached hydrogens (tertiary/aromatic N) is 2. The largest absolute Gasteiger partial charge is 0.455 e. The summed E-state index contributed by atoms with van der Waals surface area (Å²) in [6.07, 6.45) is 0. The fourth-order valence-electron chi connectivity index (χ4n) is 12.6. The molecule has 2 aliphatic heterocycles. The molecule has 1 aliphatic carbocycles. The van der Waals surface area contributed by atoms with Crippen molar-refractivity contribution in [2.75, 3.05) is 4.81 Å². The lowest BCUT2D eigenvalue weighted by Crippen LogP contribution is -2.60. The minimum atomic E-state index is -0.171. The highest BCUT2D eigenvalue weighted by atomic mass is 32.1. The molecule has 11 aromatic rings. The summed E-state index contributed by atoms with van der Waals surface area (Å²) in [6, 6.07) is 52.1. The summed E-state index contributed by atoms with van der Waals surface area (Å²) in [5.41, 5.74) is 22.6. The van der Waals surface area contributed by atoms with Crippen LogP contribution in [0.5, 0.6) is 0 Å². The molecule has 8 aromatic carbocycles. The highest BCUT2D eigenvalue weighted by Crippen LogP contribution is 2.55. The van der Waals surface area contributed by atoms with Gasteiger partial charge in [0.15, 0.2) is 0 Å². The van der Waals surface area contributed by atoms with Crippen molar-refractivity contribution in [3.8, 4) is 27.9 Å². The van der Waals surface area contributed by atoms with Gasteiger partial charge in [-0.15, -0.1) is 11.3 Å². The Hall–Kier alpha value is -6.56. The molecule has 14 rings (SSSR count). The van der Waals surface area contributed by atoms with Crippen molar-refractivity contribution in [2.45, 2.75) is 97.8 Å². The molecular formula is C63H55BN2OS. The van der Waals surface area contributed by atoms with Gasteiger partial charge in [-0.1, -0.05) is 149 Å². The van der Waals surface area contributed by atoms with Crippen LogP contribution in [0.25, 0.3) is 91.9 Å². The van der Waals surface area contributed by atoms with Gasteiger partial charge < -0.3 is 13.8 Å². The first kappa shape index (κ1) is 40.5. The van der Waals surface area contributed by atoms with E-state index in [-0.39, 0.29) is 28.5 Å². The first-order valence-corrected chi connectivity index (χ1v) is 25.3. The second-order valence-corrected chi connectivity index (χ2v) is 24.8. The van der Waals surface area contributed by atoms with Gasteiger partial charge in [0.1, 0.15) is 11.2 Å². The number of anilines is 2. The Labute approximate surface area is 403 Å². The van der Waals surface area contributed by atoms with E-state index in [4.69, 9.17) is 4.42 Å². The van der Waals surface area contributed by atoms with Crippen LogP contribution in [-0.2, 0) is 21.7 Å². The molecule has 0 atom stereocenters. The highest BCUT2D eigenvalue weighted by Gasteiger charge is 2.48. The molecule has 3 aromatic heterocycles. The third kappa shape index (κ3) is 5.21. The number of hydrogen-bond donors (Lipinski definition) is 0. The maximum Gasteiger partial charge on any atom is 0.333 e. The molecule has 0 amide bonds. The predicted molar refractivity (Wildman–Crippen MR) is 294 cm³/mol. The molecule has 0 radical (unpaired) electrons. The highest BCUT2D eigenvalue weighted by molar-refractivity contribution is 7.25. The first-order valence-electron chi connectivity index (χ1n) is 24.5. The quantitative estimate of drug-likeness (QED) is 0.153. The van der Waals surface area contributed by atoms with E-state index in [1.54, 1.807) is 0 Å². The van der Waals surface area contributed by atoms with E-state index in [2.05, 4.69) is 219 Å². The van der Waals surface area contributed by atoms with Crippen LogP contribution in [0.3, 0.4) is 0 Å². The topological polar surface area (TPSA) is 21.3 Å². The minimum absolute atomic E-state index is 0.0165. The minimum Gasteiger partial charge on any atom is -0.455 e. The van der Waals surface area contributed by atoms with Crippen LogP contribution in [0.4, 0.5) is 11.4 Å². The lowest BCUT2D eigenvalue weighted by Gasteiger charge is -2.42. The van der Waals surface area contributed by atoms with Crippen LogP contribution in [0.1, 0.15) is 104 Å². The molecule has 0 bridgehead atoms. The van der Waals surface area contributed by atoms with Crippen molar-refractivity contribution >= 4 is 104 Å². The normalized spacial score (nSPS) is 15.0. The molecule has 3 nitrogen and oxygen atoms in total. The lowest BCUT2D eigenvalue weighted by atomic mass is 9.43. The number of para-hydroxylation sites is 1. The maximum atomic E-state index is 7.30. The molecule has 0 saturated heterocycles. The summed E-state index contributed by atoms with van der Waals surface area (Å²) in [5, 5.41) is 7.48. The maximum absolute atomic E-state index is 7.30. The fourth-order valence-corrected chi connectivity index (χ4v) is 13.7.